The van der Waals surface area contributed by atoms with Gasteiger partial charge in [-0.05, 0) is 61.1 Å². The predicted octanol–water partition coefficient (Wildman–Crippen LogP) is 7.72. The lowest BCUT2D eigenvalue weighted by Gasteiger charge is -2.17. The first-order valence-electron chi connectivity index (χ1n) is 10.4. The molecule has 0 N–H and O–H groups in total. The molecule has 0 saturated carbocycles. The largest absolute Gasteiger partial charge is 0.464 e. The van der Waals surface area contributed by atoms with Crippen LogP contribution in [-0.4, -0.2) is 0 Å². The summed E-state index contributed by atoms with van der Waals surface area (Å²) in [5, 5.41) is 4.35. The fourth-order valence-corrected chi connectivity index (χ4v) is 3.36. The minimum atomic E-state index is 0.895. The molecule has 0 spiro atoms. The minimum Gasteiger partial charge on any atom is -0.464 e. The maximum Gasteiger partial charge on any atom is 0.142 e. The molecule has 0 heterocycles. The molecule has 28 heavy (non-hydrogen) atoms. The summed E-state index contributed by atoms with van der Waals surface area (Å²) in [4.78, 5) is 0. The van der Waals surface area contributed by atoms with Gasteiger partial charge in [0.15, 0.2) is 0 Å². The molecule has 0 radical (unpaired) electrons. The van der Waals surface area contributed by atoms with Gasteiger partial charge in [-0.3, -0.25) is 0 Å². The van der Waals surface area contributed by atoms with Gasteiger partial charge in [0.2, 0.25) is 0 Å². The average Bonchev–Trinajstić information content (AvgIpc) is 2.74. The number of fused-ring (bicyclic) bond motifs is 2. The van der Waals surface area contributed by atoms with Crippen LogP contribution in [0, 0.1) is 0 Å². The van der Waals surface area contributed by atoms with E-state index in [0.29, 0.717) is 0 Å². The number of hydrogen-bond donors (Lipinski definition) is 0. The molecule has 2 heteroatoms. The van der Waals surface area contributed by atoms with Crippen molar-refractivity contribution in [1.29, 1.82) is 0 Å². The lowest BCUT2D eigenvalue weighted by molar-refractivity contribution is 0.482. The summed E-state index contributed by atoms with van der Waals surface area (Å²) >= 11 is 0. The van der Waals surface area contributed by atoms with Crippen molar-refractivity contribution in [2.24, 2.45) is 0 Å². The zero-order valence-electron chi connectivity index (χ0n) is 17.4. The van der Waals surface area contributed by atoms with Crippen LogP contribution in [-0.2, 0) is 12.8 Å². The fourth-order valence-electron chi connectivity index (χ4n) is 3.36. The Labute approximate surface area is 168 Å². The van der Waals surface area contributed by atoms with Gasteiger partial charge in [0.25, 0.3) is 0 Å². The van der Waals surface area contributed by atoms with Crippen LogP contribution >= 0.6 is 0 Å². The molecule has 146 valence electrons. The molecule has 0 atom stereocenters. The van der Waals surface area contributed by atoms with Gasteiger partial charge in [-0.1, -0.05) is 52.0 Å². The van der Waals surface area contributed by atoms with Gasteiger partial charge in [-0.2, -0.15) is 0 Å². The van der Waals surface area contributed by atoms with Gasteiger partial charge in [0.05, 0.1) is 12.5 Å². The Bertz CT molecular complexity index is 947. The first kappa shape index (κ1) is 20.0. The van der Waals surface area contributed by atoms with Gasteiger partial charge in [-0.15, -0.1) is 0 Å². The van der Waals surface area contributed by atoms with Crippen molar-refractivity contribution in [3.05, 3.63) is 72.2 Å². The molecule has 0 unspecified atom stereocenters. The Morgan fingerprint density at radius 1 is 0.607 bits per heavy atom. The van der Waals surface area contributed by atoms with E-state index in [4.69, 9.17) is 9.47 Å². The minimum absolute atomic E-state index is 0.895. The number of allylic oxidation sites excluding steroid dienone is 2. The third-order valence-electron chi connectivity index (χ3n) is 5.00. The monoisotopic (exact) mass is 374 g/mol. The summed E-state index contributed by atoms with van der Waals surface area (Å²) in [7, 11) is 0. The summed E-state index contributed by atoms with van der Waals surface area (Å²) < 4.78 is 12.3. The van der Waals surface area contributed by atoms with Gasteiger partial charge in [0, 0.05) is 21.5 Å². The van der Waals surface area contributed by atoms with Crippen LogP contribution in [0.3, 0.4) is 0 Å². The second kappa shape index (κ2) is 9.45. The molecule has 3 aromatic carbocycles. The number of hydrogen-bond acceptors (Lipinski definition) is 2. The highest BCUT2D eigenvalue weighted by Crippen LogP contribution is 2.44. The van der Waals surface area contributed by atoms with Crippen LogP contribution < -0.4 is 9.47 Å². The van der Waals surface area contributed by atoms with Gasteiger partial charge in [-0.25, -0.2) is 0 Å². The number of ether oxygens (including phenoxy) is 2. The van der Waals surface area contributed by atoms with E-state index < -0.39 is 0 Å². The normalized spacial score (nSPS) is 11.9. The molecule has 0 amide bonds. The molecule has 0 aliphatic carbocycles. The van der Waals surface area contributed by atoms with Crippen molar-refractivity contribution in [2.45, 2.75) is 53.4 Å². The predicted molar refractivity (Wildman–Crippen MR) is 120 cm³/mol. The van der Waals surface area contributed by atoms with E-state index in [9.17, 15) is 0 Å². The number of benzene rings is 3. The van der Waals surface area contributed by atoms with Crippen LogP contribution in [0.2, 0.25) is 0 Å². The first-order valence-corrected chi connectivity index (χ1v) is 10.4. The summed E-state index contributed by atoms with van der Waals surface area (Å²) in [5.74, 6) is 1.80. The SMILES string of the molecule is CC/C=C/Oc1c2ccc(CC)cc2c(O/C=C/CC)c2cc(CC)ccc12. The molecule has 3 aromatic rings. The molecular formula is C26H30O2. The van der Waals surface area contributed by atoms with Gasteiger partial charge < -0.3 is 9.47 Å². The van der Waals surface area contributed by atoms with E-state index in [2.05, 4.69) is 64.1 Å². The Hall–Kier alpha value is -2.74. The molecule has 0 aliphatic rings. The van der Waals surface area contributed by atoms with Gasteiger partial charge >= 0.3 is 0 Å². The van der Waals surface area contributed by atoms with E-state index in [1.807, 2.05) is 18.4 Å². The zero-order chi connectivity index (χ0) is 19.9. The second-order valence-corrected chi connectivity index (χ2v) is 6.92. The summed E-state index contributed by atoms with van der Waals surface area (Å²) in [6.45, 7) is 8.57. The molecule has 0 bridgehead atoms. The van der Waals surface area contributed by atoms with Crippen molar-refractivity contribution in [1.82, 2.24) is 0 Å². The third-order valence-corrected chi connectivity index (χ3v) is 5.00. The van der Waals surface area contributed by atoms with E-state index in [-0.39, 0.29) is 0 Å². The van der Waals surface area contributed by atoms with Crippen LogP contribution in [0.1, 0.15) is 51.7 Å². The lowest BCUT2D eigenvalue weighted by atomic mass is 9.96. The van der Waals surface area contributed by atoms with Crippen LogP contribution in [0.25, 0.3) is 21.5 Å². The summed E-state index contributed by atoms with van der Waals surface area (Å²) in [5.41, 5.74) is 2.58. The Morgan fingerprint density at radius 3 is 1.43 bits per heavy atom. The third kappa shape index (κ3) is 4.06. The van der Waals surface area contributed by atoms with Crippen molar-refractivity contribution >= 4 is 21.5 Å². The van der Waals surface area contributed by atoms with Gasteiger partial charge in [0.1, 0.15) is 11.5 Å². The van der Waals surface area contributed by atoms with E-state index in [0.717, 1.165) is 58.7 Å². The average molecular weight is 375 g/mol. The molecule has 0 fully saturated rings. The second-order valence-electron chi connectivity index (χ2n) is 6.92. The smallest absolute Gasteiger partial charge is 0.142 e. The maximum atomic E-state index is 6.20. The number of rotatable bonds is 8. The highest BCUT2D eigenvalue weighted by Gasteiger charge is 2.16. The summed E-state index contributed by atoms with van der Waals surface area (Å²) in [6, 6.07) is 13.1. The highest BCUT2D eigenvalue weighted by molar-refractivity contribution is 6.11. The van der Waals surface area contributed by atoms with Crippen molar-refractivity contribution in [3.63, 3.8) is 0 Å². The topological polar surface area (TPSA) is 18.5 Å². The molecule has 2 nitrogen and oxygen atoms in total. The maximum absolute atomic E-state index is 6.20. The zero-order valence-corrected chi connectivity index (χ0v) is 17.4. The lowest BCUT2D eigenvalue weighted by Crippen LogP contribution is -1.94. The molecule has 3 rings (SSSR count). The van der Waals surface area contributed by atoms with Crippen molar-refractivity contribution < 1.29 is 9.47 Å². The summed E-state index contributed by atoms with van der Waals surface area (Å²) in [6.07, 6.45) is 11.5. The Morgan fingerprint density at radius 2 is 1.04 bits per heavy atom. The Balaban J connectivity index is 2.37. The molecule has 0 aromatic heterocycles. The first-order chi connectivity index (χ1) is 13.7. The van der Waals surface area contributed by atoms with E-state index in [1.54, 1.807) is 6.26 Å². The molecular weight excluding hydrogens is 344 g/mol. The van der Waals surface area contributed by atoms with Crippen LogP contribution in [0.15, 0.2) is 61.1 Å². The van der Waals surface area contributed by atoms with Crippen LogP contribution in [0.4, 0.5) is 0 Å². The standard InChI is InChI=1S/C26H30O2/c1-5-9-15-27-25-21-13-11-19(7-3)17-23(21)26(28-16-10-6-2)24-18-20(8-4)12-14-22(24)25/h9-18H,5-8H2,1-4H3/b15-9+,16-10+. The van der Waals surface area contributed by atoms with Crippen LogP contribution in [0.5, 0.6) is 11.5 Å². The number of aryl methyl sites for hydroxylation is 2. The van der Waals surface area contributed by atoms with E-state index in [1.165, 1.54) is 11.1 Å². The molecule has 0 saturated heterocycles. The highest BCUT2D eigenvalue weighted by atomic mass is 16.5. The van der Waals surface area contributed by atoms with Crippen molar-refractivity contribution in [3.8, 4) is 11.5 Å². The van der Waals surface area contributed by atoms with Crippen molar-refractivity contribution in [2.75, 3.05) is 0 Å². The fraction of sp³-hybridized carbons (Fsp3) is 0.308. The molecule has 0 aliphatic heterocycles. The van der Waals surface area contributed by atoms with E-state index >= 15 is 0 Å². The quantitative estimate of drug-likeness (QED) is 0.297. The Kier molecular flexibility index (Phi) is 6.76.